The number of H-pyrrole nitrogens is 1. The SMILES string of the molecule is O=C(O)N[C@@H](Cc1ccc(F)cc1)C(=O)Nc1cc(-c2cccc(Cl)c2F)n[nH]1. The summed E-state index contributed by atoms with van der Waals surface area (Å²) < 4.78 is 27.2. The number of benzene rings is 2. The van der Waals surface area contributed by atoms with Crippen molar-refractivity contribution in [2.45, 2.75) is 12.5 Å². The van der Waals surface area contributed by atoms with Crippen molar-refractivity contribution in [2.75, 3.05) is 5.32 Å². The van der Waals surface area contributed by atoms with Gasteiger partial charge in [-0.3, -0.25) is 9.89 Å². The Morgan fingerprint density at radius 1 is 1.17 bits per heavy atom. The van der Waals surface area contributed by atoms with Crippen molar-refractivity contribution in [3.63, 3.8) is 0 Å². The lowest BCUT2D eigenvalue weighted by atomic mass is 10.1. The fraction of sp³-hybridized carbons (Fsp3) is 0.105. The van der Waals surface area contributed by atoms with E-state index in [4.69, 9.17) is 16.7 Å². The number of halogens is 3. The van der Waals surface area contributed by atoms with Crippen LogP contribution in [0.3, 0.4) is 0 Å². The van der Waals surface area contributed by atoms with Gasteiger partial charge in [0.2, 0.25) is 5.91 Å². The maximum absolute atomic E-state index is 14.1. The molecule has 0 fully saturated rings. The van der Waals surface area contributed by atoms with Crippen LogP contribution in [0.1, 0.15) is 5.56 Å². The Kier molecular flexibility index (Phi) is 6.08. The molecule has 10 heteroatoms. The standard InChI is InChI=1S/C19H15ClF2N4O3/c20-13-3-1-2-12(17(13)22)14-9-16(26-25-14)24-18(27)15(23-19(28)29)8-10-4-6-11(21)7-5-10/h1-7,9,15,23H,8H2,(H,28,29)(H2,24,25,26,27)/t15-/m0/s1. The van der Waals surface area contributed by atoms with E-state index in [2.05, 4.69) is 20.8 Å². The zero-order valence-corrected chi connectivity index (χ0v) is 15.5. The van der Waals surface area contributed by atoms with E-state index in [1.165, 1.54) is 42.5 Å². The largest absolute Gasteiger partial charge is 0.465 e. The summed E-state index contributed by atoms with van der Waals surface area (Å²) >= 11 is 5.76. The van der Waals surface area contributed by atoms with Crippen molar-refractivity contribution in [3.8, 4) is 11.3 Å². The van der Waals surface area contributed by atoms with Gasteiger partial charge in [-0.1, -0.05) is 29.8 Å². The van der Waals surface area contributed by atoms with Crippen LogP contribution >= 0.6 is 11.6 Å². The van der Waals surface area contributed by atoms with E-state index in [1.54, 1.807) is 6.07 Å². The van der Waals surface area contributed by atoms with E-state index >= 15 is 0 Å². The highest BCUT2D eigenvalue weighted by atomic mass is 35.5. The summed E-state index contributed by atoms with van der Waals surface area (Å²) in [6.07, 6.45) is -1.39. The summed E-state index contributed by atoms with van der Waals surface area (Å²) in [6.45, 7) is 0. The Labute approximate surface area is 168 Å². The average molecular weight is 421 g/mol. The van der Waals surface area contributed by atoms with Crippen LogP contribution in [-0.2, 0) is 11.2 Å². The number of carboxylic acid groups (broad SMARTS) is 1. The molecule has 0 bridgehead atoms. The first-order valence-corrected chi connectivity index (χ1v) is 8.76. The Morgan fingerprint density at radius 2 is 1.90 bits per heavy atom. The van der Waals surface area contributed by atoms with Crippen LogP contribution < -0.4 is 10.6 Å². The second-order valence-corrected chi connectivity index (χ2v) is 6.50. The zero-order chi connectivity index (χ0) is 21.0. The summed E-state index contributed by atoms with van der Waals surface area (Å²) in [5.74, 6) is -1.63. The molecule has 0 spiro atoms. The Bertz CT molecular complexity index is 1040. The van der Waals surface area contributed by atoms with Crippen LogP contribution in [-0.4, -0.2) is 33.3 Å². The fourth-order valence-corrected chi connectivity index (χ4v) is 2.83. The van der Waals surface area contributed by atoms with E-state index < -0.39 is 29.7 Å². The Balaban J connectivity index is 1.75. The van der Waals surface area contributed by atoms with Crippen molar-refractivity contribution < 1.29 is 23.5 Å². The minimum absolute atomic E-state index is 0.00231. The number of carbonyl (C=O) groups excluding carboxylic acids is 1. The molecule has 2 aromatic carbocycles. The normalized spacial score (nSPS) is 11.7. The highest BCUT2D eigenvalue weighted by Gasteiger charge is 2.22. The molecule has 0 aliphatic heterocycles. The summed E-state index contributed by atoms with van der Waals surface area (Å²) in [5, 5.41) is 20.0. The molecule has 1 heterocycles. The topological polar surface area (TPSA) is 107 Å². The second-order valence-electron chi connectivity index (χ2n) is 6.09. The number of nitrogens with zero attached hydrogens (tertiary/aromatic N) is 1. The van der Waals surface area contributed by atoms with Crippen LogP contribution in [0.15, 0.2) is 48.5 Å². The number of nitrogens with one attached hydrogen (secondary N) is 3. The highest BCUT2D eigenvalue weighted by molar-refractivity contribution is 6.31. The van der Waals surface area contributed by atoms with Crippen LogP contribution in [0.5, 0.6) is 0 Å². The number of hydrogen-bond acceptors (Lipinski definition) is 3. The molecule has 2 amide bonds. The number of carbonyl (C=O) groups is 2. The molecular formula is C19H15ClF2N4O3. The van der Waals surface area contributed by atoms with Gasteiger partial charge >= 0.3 is 6.09 Å². The van der Waals surface area contributed by atoms with Gasteiger partial charge in [0.15, 0.2) is 5.82 Å². The van der Waals surface area contributed by atoms with Crippen LogP contribution in [0, 0.1) is 11.6 Å². The number of amides is 2. The molecule has 0 radical (unpaired) electrons. The molecule has 150 valence electrons. The van der Waals surface area contributed by atoms with Crippen molar-refractivity contribution in [3.05, 3.63) is 70.8 Å². The molecule has 1 atom stereocenters. The fourth-order valence-electron chi connectivity index (χ4n) is 2.66. The summed E-state index contributed by atoms with van der Waals surface area (Å²) in [4.78, 5) is 23.6. The maximum atomic E-state index is 14.1. The van der Waals surface area contributed by atoms with Crippen LogP contribution in [0.4, 0.5) is 19.4 Å². The van der Waals surface area contributed by atoms with E-state index in [0.717, 1.165) is 0 Å². The molecule has 4 N–H and O–H groups in total. The average Bonchev–Trinajstić information content (AvgIpc) is 3.13. The van der Waals surface area contributed by atoms with Crippen molar-refractivity contribution in [1.82, 2.24) is 15.5 Å². The van der Waals surface area contributed by atoms with Crippen molar-refractivity contribution in [1.29, 1.82) is 0 Å². The molecule has 1 aromatic heterocycles. The summed E-state index contributed by atoms with van der Waals surface area (Å²) in [5.41, 5.74) is 0.911. The molecule has 0 aliphatic carbocycles. The third kappa shape index (κ3) is 5.08. The lowest BCUT2D eigenvalue weighted by Gasteiger charge is -2.16. The van der Waals surface area contributed by atoms with Gasteiger partial charge < -0.3 is 15.7 Å². The van der Waals surface area contributed by atoms with Gasteiger partial charge in [-0.05, 0) is 29.8 Å². The monoisotopic (exact) mass is 420 g/mol. The highest BCUT2D eigenvalue weighted by Crippen LogP contribution is 2.27. The number of aromatic nitrogens is 2. The number of aromatic amines is 1. The molecule has 0 saturated carbocycles. The van der Waals surface area contributed by atoms with Gasteiger partial charge in [0.05, 0.1) is 10.7 Å². The lowest BCUT2D eigenvalue weighted by molar-refractivity contribution is -0.118. The predicted octanol–water partition coefficient (Wildman–Crippen LogP) is 3.83. The quantitative estimate of drug-likeness (QED) is 0.486. The van der Waals surface area contributed by atoms with E-state index in [-0.39, 0.29) is 28.5 Å². The predicted molar refractivity (Wildman–Crippen MR) is 103 cm³/mol. The molecule has 29 heavy (non-hydrogen) atoms. The van der Waals surface area contributed by atoms with Gasteiger partial charge in [-0.2, -0.15) is 5.10 Å². The van der Waals surface area contributed by atoms with Gasteiger partial charge in [0, 0.05) is 18.1 Å². The summed E-state index contributed by atoms with van der Waals surface area (Å²) in [7, 11) is 0. The molecule has 3 aromatic rings. The van der Waals surface area contributed by atoms with Crippen LogP contribution in [0.2, 0.25) is 5.02 Å². The number of anilines is 1. The molecular weight excluding hydrogens is 406 g/mol. The molecule has 0 saturated heterocycles. The Hall–Kier alpha value is -3.46. The van der Waals surface area contributed by atoms with E-state index in [0.29, 0.717) is 5.56 Å². The second kappa shape index (κ2) is 8.70. The summed E-state index contributed by atoms with van der Waals surface area (Å²) in [6, 6.07) is 10.0. The number of rotatable bonds is 6. The lowest BCUT2D eigenvalue weighted by Crippen LogP contribution is -2.44. The maximum Gasteiger partial charge on any atom is 0.405 e. The molecule has 7 nitrogen and oxygen atoms in total. The third-order valence-corrected chi connectivity index (χ3v) is 4.32. The zero-order valence-electron chi connectivity index (χ0n) is 14.7. The molecule has 0 aliphatic rings. The van der Waals surface area contributed by atoms with Crippen molar-refractivity contribution >= 4 is 29.4 Å². The van der Waals surface area contributed by atoms with Gasteiger partial charge in [-0.15, -0.1) is 0 Å². The Morgan fingerprint density at radius 3 is 2.59 bits per heavy atom. The minimum Gasteiger partial charge on any atom is -0.465 e. The number of hydrogen-bond donors (Lipinski definition) is 4. The first kappa shape index (κ1) is 20.3. The van der Waals surface area contributed by atoms with Gasteiger partial charge in [-0.25, -0.2) is 13.6 Å². The van der Waals surface area contributed by atoms with E-state index in [1.807, 2.05) is 0 Å². The minimum atomic E-state index is -1.39. The molecule has 0 unspecified atom stereocenters. The first-order chi connectivity index (χ1) is 13.8. The first-order valence-electron chi connectivity index (χ1n) is 8.38. The third-order valence-electron chi connectivity index (χ3n) is 4.03. The van der Waals surface area contributed by atoms with Crippen LogP contribution in [0.25, 0.3) is 11.3 Å². The van der Waals surface area contributed by atoms with Gasteiger partial charge in [0.25, 0.3) is 0 Å². The van der Waals surface area contributed by atoms with Crippen molar-refractivity contribution in [2.24, 2.45) is 0 Å². The smallest absolute Gasteiger partial charge is 0.405 e. The van der Waals surface area contributed by atoms with Gasteiger partial charge in [0.1, 0.15) is 17.7 Å². The molecule has 3 rings (SSSR count). The van der Waals surface area contributed by atoms with E-state index in [9.17, 15) is 18.4 Å².